The fraction of sp³-hybridized carbons (Fsp3) is 0.571. The van der Waals surface area contributed by atoms with Crippen molar-refractivity contribution in [3.8, 4) is 11.8 Å². The van der Waals surface area contributed by atoms with E-state index in [-0.39, 0.29) is 13.2 Å². The van der Waals surface area contributed by atoms with Crippen molar-refractivity contribution in [3.05, 3.63) is 21.9 Å². The lowest BCUT2D eigenvalue weighted by molar-refractivity contribution is 0.285. The molecule has 0 amide bonds. The number of aliphatic hydroxyl groups excluding tert-OH is 1. The summed E-state index contributed by atoms with van der Waals surface area (Å²) in [4.78, 5) is 0.866. The van der Waals surface area contributed by atoms with E-state index in [0.717, 1.165) is 23.3 Å². The quantitative estimate of drug-likeness (QED) is 0.815. The van der Waals surface area contributed by atoms with E-state index in [0.29, 0.717) is 19.0 Å². The highest BCUT2D eigenvalue weighted by atomic mass is 32.2. The van der Waals surface area contributed by atoms with Crippen LogP contribution in [0.25, 0.3) is 0 Å². The molecule has 0 radical (unpaired) electrons. The molecule has 2 N–H and O–H groups in total. The Hall–Kier alpha value is -0.910. The molecule has 1 aromatic rings. The normalized spacial score (nSPS) is 17.4. The van der Waals surface area contributed by atoms with Crippen molar-refractivity contribution < 1.29 is 13.5 Å². The predicted molar refractivity (Wildman–Crippen MR) is 84.0 cm³/mol. The Morgan fingerprint density at radius 1 is 1.48 bits per heavy atom. The lowest BCUT2D eigenvalue weighted by Gasteiger charge is -2.29. The third kappa shape index (κ3) is 4.53. The smallest absolute Gasteiger partial charge is 0.279 e. The maximum Gasteiger partial charge on any atom is 0.279 e. The van der Waals surface area contributed by atoms with E-state index in [4.69, 9.17) is 5.11 Å². The summed E-state index contributed by atoms with van der Waals surface area (Å²) < 4.78 is 28.7. The number of nitrogens with zero attached hydrogens (tertiary/aromatic N) is 1. The highest BCUT2D eigenvalue weighted by Crippen LogP contribution is 2.19. The van der Waals surface area contributed by atoms with E-state index in [1.165, 1.54) is 15.6 Å². The first-order chi connectivity index (χ1) is 10.0. The Bertz CT molecular complexity index is 620. The topological polar surface area (TPSA) is 69.6 Å². The fourth-order valence-corrected chi connectivity index (χ4v) is 4.26. The molecule has 0 atom stereocenters. The summed E-state index contributed by atoms with van der Waals surface area (Å²) in [6, 6.07) is 1.83. The lowest BCUT2D eigenvalue weighted by atomic mass is 10.0. The van der Waals surface area contributed by atoms with Crippen molar-refractivity contribution in [1.29, 1.82) is 0 Å². The fourth-order valence-electron chi connectivity index (χ4n) is 2.20. The van der Waals surface area contributed by atoms with Crippen LogP contribution in [0.4, 0.5) is 0 Å². The number of piperidine rings is 1. The second-order valence-corrected chi connectivity index (χ2v) is 7.88. The van der Waals surface area contributed by atoms with Crippen LogP contribution in [-0.4, -0.2) is 37.5 Å². The molecule has 0 bridgehead atoms. The van der Waals surface area contributed by atoms with Gasteiger partial charge in [-0.05, 0) is 30.2 Å². The van der Waals surface area contributed by atoms with Crippen LogP contribution in [0.3, 0.4) is 0 Å². The minimum Gasteiger partial charge on any atom is -0.384 e. The SMILES string of the molecule is CC1CCN(S(=O)(=O)NCc2sccc2C#CCO)CC1. The standard InChI is InChI=1S/C14H20N2O3S2/c1-12-4-7-16(8-5-12)21(18,19)15-11-14-13(3-2-9-17)6-10-20-14/h6,10,12,15,17H,4-5,7-9,11H2,1H3. The molecule has 0 aliphatic carbocycles. The van der Waals surface area contributed by atoms with Crippen LogP contribution in [0, 0.1) is 17.8 Å². The number of hydrogen-bond acceptors (Lipinski definition) is 4. The molecular weight excluding hydrogens is 308 g/mol. The summed E-state index contributed by atoms with van der Waals surface area (Å²) in [7, 11) is -3.43. The van der Waals surface area contributed by atoms with E-state index >= 15 is 0 Å². The second kappa shape index (κ2) is 7.38. The maximum atomic E-state index is 12.3. The van der Waals surface area contributed by atoms with Gasteiger partial charge in [0.1, 0.15) is 6.61 Å². The Labute approximate surface area is 130 Å². The third-order valence-electron chi connectivity index (χ3n) is 3.55. The molecule has 1 aliphatic rings. The van der Waals surface area contributed by atoms with Gasteiger partial charge in [0.05, 0.1) is 0 Å². The second-order valence-electron chi connectivity index (χ2n) is 5.13. The van der Waals surface area contributed by atoms with Gasteiger partial charge < -0.3 is 5.11 Å². The van der Waals surface area contributed by atoms with Crippen LogP contribution in [0.15, 0.2) is 11.4 Å². The molecule has 0 aromatic carbocycles. The Morgan fingerprint density at radius 3 is 2.86 bits per heavy atom. The number of thiophene rings is 1. The summed E-state index contributed by atoms with van der Waals surface area (Å²) >= 11 is 1.46. The van der Waals surface area contributed by atoms with Gasteiger partial charge in [0.15, 0.2) is 0 Å². The Kier molecular flexibility index (Phi) is 5.79. The minimum atomic E-state index is -3.43. The minimum absolute atomic E-state index is 0.201. The van der Waals surface area contributed by atoms with Crippen LogP contribution >= 0.6 is 11.3 Å². The highest BCUT2D eigenvalue weighted by molar-refractivity contribution is 7.87. The number of hydrogen-bond donors (Lipinski definition) is 2. The molecule has 0 spiro atoms. The monoisotopic (exact) mass is 328 g/mol. The summed E-state index contributed by atoms with van der Waals surface area (Å²) in [6.07, 6.45) is 1.82. The molecule has 5 nitrogen and oxygen atoms in total. The molecule has 1 aliphatic heterocycles. The third-order valence-corrected chi connectivity index (χ3v) is 6.02. The van der Waals surface area contributed by atoms with E-state index in [9.17, 15) is 8.42 Å². The molecule has 0 saturated carbocycles. The van der Waals surface area contributed by atoms with E-state index in [1.54, 1.807) is 0 Å². The van der Waals surface area contributed by atoms with Crippen molar-refractivity contribution >= 4 is 21.5 Å². The average molecular weight is 328 g/mol. The van der Waals surface area contributed by atoms with Crippen LogP contribution in [0.2, 0.25) is 0 Å². The van der Waals surface area contributed by atoms with Gasteiger partial charge in [-0.15, -0.1) is 11.3 Å². The van der Waals surface area contributed by atoms with Crippen LogP contribution in [0.1, 0.15) is 30.2 Å². The highest BCUT2D eigenvalue weighted by Gasteiger charge is 2.26. The molecular formula is C14H20N2O3S2. The zero-order valence-corrected chi connectivity index (χ0v) is 13.6. The molecule has 1 fully saturated rings. The Balaban J connectivity index is 1.97. The maximum absolute atomic E-state index is 12.3. The summed E-state index contributed by atoms with van der Waals surface area (Å²) in [5.41, 5.74) is 0.768. The first-order valence-electron chi connectivity index (χ1n) is 6.94. The first-order valence-corrected chi connectivity index (χ1v) is 9.25. The summed E-state index contributed by atoms with van der Waals surface area (Å²) in [5, 5.41) is 10.6. The van der Waals surface area contributed by atoms with Crippen molar-refractivity contribution in [2.24, 2.45) is 5.92 Å². The molecule has 1 saturated heterocycles. The zero-order chi connectivity index (χ0) is 15.3. The van der Waals surface area contributed by atoms with Gasteiger partial charge in [-0.1, -0.05) is 18.8 Å². The Morgan fingerprint density at radius 2 is 2.19 bits per heavy atom. The van der Waals surface area contributed by atoms with E-state index < -0.39 is 10.2 Å². The van der Waals surface area contributed by atoms with Gasteiger partial charge in [0.25, 0.3) is 10.2 Å². The molecule has 7 heteroatoms. The van der Waals surface area contributed by atoms with Gasteiger partial charge in [-0.3, -0.25) is 0 Å². The summed E-state index contributed by atoms with van der Waals surface area (Å²) in [6.45, 7) is 3.35. The molecule has 2 heterocycles. The first kappa shape index (κ1) is 16.5. The molecule has 1 aromatic heterocycles. The molecule has 0 unspecified atom stereocenters. The van der Waals surface area contributed by atoms with Crippen molar-refractivity contribution in [1.82, 2.24) is 9.03 Å². The van der Waals surface area contributed by atoms with Crippen LogP contribution in [0.5, 0.6) is 0 Å². The van der Waals surface area contributed by atoms with Gasteiger partial charge in [0, 0.05) is 30.1 Å². The number of nitrogens with one attached hydrogen (secondary N) is 1. The molecule has 2 rings (SSSR count). The van der Waals surface area contributed by atoms with E-state index in [2.05, 4.69) is 23.5 Å². The van der Waals surface area contributed by atoms with Crippen molar-refractivity contribution in [3.63, 3.8) is 0 Å². The van der Waals surface area contributed by atoms with Crippen LogP contribution in [-0.2, 0) is 16.8 Å². The predicted octanol–water partition coefficient (Wildman–Crippen LogP) is 1.16. The van der Waals surface area contributed by atoms with Crippen molar-refractivity contribution in [2.45, 2.75) is 26.3 Å². The van der Waals surface area contributed by atoms with Gasteiger partial charge >= 0.3 is 0 Å². The number of aliphatic hydroxyl groups is 1. The van der Waals surface area contributed by atoms with Crippen LogP contribution < -0.4 is 4.72 Å². The van der Waals surface area contributed by atoms with Crippen molar-refractivity contribution in [2.75, 3.05) is 19.7 Å². The van der Waals surface area contributed by atoms with Gasteiger partial charge in [-0.2, -0.15) is 17.4 Å². The lowest BCUT2D eigenvalue weighted by Crippen LogP contribution is -2.44. The van der Waals surface area contributed by atoms with E-state index in [1.807, 2.05) is 11.4 Å². The number of rotatable bonds is 4. The van der Waals surface area contributed by atoms with Gasteiger partial charge in [0.2, 0.25) is 0 Å². The molecule has 116 valence electrons. The zero-order valence-electron chi connectivity index (χ0n) is 12.0. The van der Waals surface area contributed by atoms with Gasteiger partial charge in [-0.25, -0.2) is 0 Å². The average Bonchev–Trinajstić information content (AvgIpc) is 2.91. The molecule has 21 heavy (non-hydrogen) atoms. The largest absolute Gasteiger partial charge is 0.384 e. The summed E-state index contributed by atoms with van der Waals surface area (Å²) in [5.74, 6) is 6.00.